The molecule has 0 radical (unpaired) electrons. The van der Waals surface area contributed by atoms with Gasteiger partial charge in [-0.3, -0.25) is 0 Å². The molecule has 0 N–H and O–H groups in total. The van der Waals surface area contributed by atoms with Crippen LogP contribution >= 0.6 is 12.4 Å². The fourth-order valence-electron chi connectivity index (χ4n) is 1.65. The van der Waals surface area contributed by atoms with Gasteiger partial charge in [-0.1, -0.05) is 58.4 Å². The van der Waals surface area contributed by atoms with Crippen molar-refractivity contribution in [2.75, 3.05) is 0 Å². The van der Waals surface area contributed by atoms with Gasteiger partial charge >= 0.3 is 20.4 Å². The van der Waals surface area contributed by atoms with Gasteiger partial charge < -0.3 is 0 Å². The molecular weight excluding hydrogens is 220 g/mol. The Kier molecular flexibility index (Phi) is 18.0. The van der Waals surface area contributed by atoms with E-state index in [-0.39, 0.29) is 12.4 Å². The Labute approximate surface area is 109 Å². The van der Waals surface area contributed by atoms with Crippen molar-refractivity contribution in [2.24, 2.45) is 0 Å². The Morgan fingerprint density at radius 1 is 1.07 bits per heavy atom. The van der Waals surface area contributed by atoms with Crippen molar-refractivity contribution in [2.45, 2.75) is 67.1 Å². The molecule has 0 aromatic rings. The summed E-state index contributed by atoms with van der Waals surface area (Å²) >= 11 is 0.353. The molecule has 0 aliphatic rings. The van der Waals surface area contributed by atoms with E-state index >= 15 is 0 Å². The third-order valence-corrected chi connectivity index (χ3v) is 9.24. The lowest BCUT2D eigenvalue weighted by Crippen LogP contribution is -2.04. The van der Waals surface area contributed by atoms with E-state index in [4.69, 9.17) is 0 Å². The fraction of sp³-hybridized carbons (Fsp3) is 1.00. The molecule has 0 aliphatic heterocycles. The van der Waals surface area contributed by atoms with Crippen LogP contribution < -0.4 is 0 Å². The summed E-state index contributed by atoms with van der Waals surface area (Å²) in [6.07, 6.45) is 8.89. The molecule has 0 bridgehead atoms. The number of halogens is 1. The number of hydrogen-bond donors (Lipinski definition) is 0. The second kappa shape index (κ2) is 14.3. The molecule has 0 nitrogen and oxygen atoms in total. The van der Waals surface area contributed by atoms with Crippen LogP contribution in [-0.2, 0) is 0 Å². The standard InChI is InChI=1S/C10H23Si.CH3.ClH.Mg/c1-3-5-6-7-8-9-10-11-4-2;;;/h4H,3,5-11H2,1-2H3;1H3;1H;. The predicted molar refractivity (Wildman–Crippen MR) is 75.0 cm³/mol. The fourth-order valence-corrected chi connectivity index (χ4v) is 5.49. The topological polar surface area (TPSA) is 0 Å². The molecule has 0 heterocycles. The summed E-state index contributed by atoms with van der Waals surface area (Å²) in [5.74, 6) is 0. The van der Waals surface area contributed by atoms with E-state index in [1.54, 1.807) is 12.5 Å². The molecule has 0 saturated carbocycles. The van der Waals surface area contributed by atoms with Gasteiger partial charge in [0.2, 0.25) is 0 Å². The Balaban J connectivity index is 0. The highest BCUT2D eigenvalue weighted by Gasteiger charge is 2.01. The average molecular weight is 247 g/mol. The van der Waals surface area contributed by atoms with Crippen LogP contribution in [0.25, 0.3) is 0 Å². The Hall–Kier alpha value is 1.27. The second-order valence-electron chi connectivity index (χ2n) is 4.42. The van der Waals surface area contributed by atoms with Crippen LogP contribution in [-0.4, -0.2) is 29.9 Å². The summed E-state index contributed by atoms with van der Waals surface area (Å²) in [7, 11) is 0.358. The van der Waals surface area contributed by atoms with E-state index in [0.29, 0.717) is 29.9 Å². The van der Waals surface area contributed by atoms with Crippen molar-refractivity contribution < 1.29 is 0 Å². The molecule has 0 aliphatic carbocycles. The molecule has 0 amide bonds. The lowest BCUT2D eigenvalue weighted by atomic mass is 10.1. The first-order chi connectivity index (χ1) is 6.31. The van der Waals surface area contributed by atoms with Crippen molar-refractivity contribution >= 4 is 42.3 Å². The molecule has 84 valence electrons. The van der Waals surface area contributed by atoms with Gasteiger partial charge in [-0.05, 0) is 9.52 Å². The maximum absolute atomic E-state index is 2.50. The summed E-state index contributed by atoms with van der Waals surface area (Å²) in [6, 6.07) is 1.63. The first-order valence-electron chi connectivity index (χ1n) is 6.31. The minimum Gasteiger partial charge on any atom is -0.157 e. The van der Waals surface area contributed by atoms with E-state index < -0.39 is 0 Å². The first-order valence-corrected chi connectivity index (χ1v) is 10.4. The van der Waals surface area contributed by atoms with E-state index in [1.165, 1.54) is 35.8 Å². The molecule has 0 spiro atoms. The van der Waals surface area contributed by atoms with Crippen molar-refractivity contribution in [1.82, 2.24) is 0 Å². The minimum absolute atomic E-state index is 0. The van der Waals surface area contributed by atoms with Crippen molar-refractivity contribution in [3.63, 3.8) is 0 Å². The van der Waals surface area contributed by atoms with E-state index in [0.717, 1.165) is 0 Å². The van der Waals surface area contributed by atoms with Crippen LogP contribution in [0, 0.1) is 0 Å². The Morgan fingerprint density at radius 3 is 2.21 bits per heavy atom. The number of unbranched alkanes of at least 4 members (excludes halogenated alkanes) is 5. The zero-order chi connectivity index (χ0) is 9.94. The van der Waals surface area contributed by atoms with Crippen LogP contribution in [0.3, 0.4) is 0 Å². The van der Waals surface area contributed by atoms with Gasteiger partial charge in [0.1, 0.15) is 0 Å². The van der Waals surface area contributed by atoms with E-state index in [9.17, 15) is 0 Å². The third kappa shape index (κ3) is 13.3. The van der Waals surface area contributed by atoms with Gasteiger partial charge in [-0.15, -0.1) is 16.1 Å². The van der Waals surface area contributed by atoms with Crippen molar-refractivity contribution in [1.29, 1.82) is 0 Å². The molecule has 1 unspecified atom stereocenters. The molecule has 0 saturated heterocycles. The molecule has 14 heavy (non-hydrogen) atoms. The summed E-state index contributed by atoms with van der Waals surface area (Å²) in [4.78, 5) is 0. The zero-order valence-electron chi connectivity index (χ0n) is 10.3. The molecule has 0 fully saturated rings. The smallest absolute Gasteiger partial charge is 0.157 e. The van der Waals surface area contributed by atoms with Gasteiger partial charge in [0.25, 0.3) is 0 Å². The monoisotopic (exact) mass is 246 g/mol. The van der Waals surface area contributed by atoms with E-state index in [2.05, 4.69) is 18.9 Å². The predicted octanol–water partition coefficient (Wildman–Crippen LogP) is 3.87. The third-order valence-electron chi connectivity index (χ3n) is 3.00. The van der Waals surface area contributed by atoms with Gasteiger partial charge in [0.15, 0.2) is 0 Å². The van der Waals surface area contributed by atoms with Crippen LogP contribution in [0.5, 0.6) is 0 Å². The summed E-state index contributed by atoms with van der Waals surface area (Å²) in [5.41, 5.74) is 0. The van der Waals surface area contributed by atoms with Crippen LogP contribution in [0.2, 0.25) is 14.8 Å². The highest BCUT2D eigenvalue weighted by molar-refractivity contribution is 6.57. The molecule has 0 aromatic heterocycles. The largest absolute Gasteiger partial charge is 0.359 e. The highest BCUT2D eigenvalue weighted by Crippen LogP contribution is 2.09. The SMILES string of the molecule is CCCCCCCC[SiH2][CH](C)[Mg][CH3].Cl. The summed E-state index contributed by atoms with van der Waals surface area (Å²) in [6.45, 7) is 4.79. The van der Waals surface area contributed by atoms with Gasteiger partial charge in [-0.2, -0.15) is 5.05 Å². The maximum atomic E-state index is 2.50. The molecular formula is C11H27ClMgSi. The summed E-state index contributed by atoms with van der Waals surface area (Å²) < 4.78 is 1.23. The van der Waals surface area contributed by atoms with Gasteiger partial charge in [0.05, 0.1) is 0 Å². The van der Waals surface area contributed by atoms with Crippen LogP contribution in [0.15, 0.2) is 0 Å². The maximum Gasteiger partial charge on any atom is 0.359 e. The zero-order valence-corrected chi connectivity index (χ0v) is 14.0. The van der Waals surface area contributed by atoms with Crippen LogP contribution in [0.1, 0.15) is 52.4 Å². The van der Waals surface area contributed by atoms with Crippen LogP contribution in [0.4, 0.5) is 0 Å². The van der Waals surface area contributed by atoms with Crippen molar-refractivity contribution in [3.05, 3.63) is 0 Å². The number of hydrogen-bond acceptors (Lipinski definition) is 0. The lowest BCUT2D eigenvalue weighted by molar-refractivity contribution is 0.623. The summed E-state index contributed by atoms with van der Waals surface area (Å²) in [5, 5.41) is 2.47. The second-order valence-corrected chi connectivity index (χ2v) is 10.5. The number of rotatable bonds is 9. The van der Waals surface area contributed by atoms with E-state index in [1.807, 2.05) is 0 Å². The van der Waals surface area contributed by atoms with Crippen molar-refractivity contribution in [3.8, 4) is 0 Å². The molecule has 0 aromatic carbocycles. The normalized spacial score (nSPS) is 12.5. The van der Waals surface area contributed by atoms with Gasteiger partial charge in [0, 0.05) is 0 Å². The minimum atomic E-state index is 0. The quantitative estimate of drug-likeness (QED) is 0.428. The molecule has 3 heteroatoms. The molecule has 1 atom stereocenters. The highest BCUT2D eigenvalue weighted by atomic mass is 35.5. The Bertz CT molecular complexity index is 101. The lowest BCUT2D eigenvalue weighted by Gasteiger charge is -2.05. The first kappa shape index (κ1) is 17.7. The molecule has 0 rings (SSSR count). The van der Waals surface area contributed by atoms with Gasteiger partial charge in [-0.25, -0.2) is 0 Å². The average Bonchev–Trinajstić information content (AvgIpc) is 2.16. The Morgan fingerprint density at radius 2 is 1.64 bits per heavy atom.